The van der Waals surface area contributed by atoms with E-state index in [0.717, 1.165) is 12.8 Å². The zero-order valence-electron chi connectivity index (χ0n) is 8.47. The van der Waals surface area contributed by atoms with E-state index in [9.17, 15) is 0 Å². The van der Waals surface area contributed by atoms with E-state index in [1.165, 1.54) is 32.1 Å². The van der Waals surface area contributed by atoms with Crippen molar-refractivity contribution in [3.8, 4) is 0 Å². The first-order chi connectivity index (χ1) is 6.31. The summed E-state index contributed by atoms with van der Waals surface area (Å²) in [5, 5.41) is 0. The molecule has 0 fully saturated rings. The first-order valence-corrected chi connectivity index (χ1v) is 6.08. The minimum atomic E-state index is 0.706. The average Bonchev–Trinajstić information content (AvgIpc) is 2.13. The van der Waals surface area contributed by atoms with E-state index < -0.39 is 0 Å². The first-order valence-electron chi connectivity index (χ1n) is 5.17. The van der Waals surface area contributed by atoms with E-state index in [0.29, 0.717) is 4.83 Å². The molecule has 1 unspecified atom stereocenters. The molecule has 76 valence electrons. The van der Waals surface area contributed by atoms with Crippen LogP contribution < -0.4 is 0 Å². The van der Waals surface area contributed by atoms with Gasteiger partial charge in [-0.25, -0.2) is 0 Å². The van der Waals surface area contributed by atoms with Crippen molar-refractivity contribution >= 4 is 15.9 Å². The van der Waals surface area contributed by atoms with Crippen LogP contribution in [0.15, 0.2) is 25.3 Å². The third-order valence-corrected chi connectivity index (χ3v) is 3.02. The lowest BCUT2D eigenvalue weighted by Crippen LogP contribution is -1.97. The molecule has 0 bridgehead atoms. The molecule has 0 aliphatic carbocycles. The van der Waals surface area contributed by atoms with Crippen LogP contribution in [0.2, 0.25) is 0 Å². The second kappa shape index (κ2) is 10.0. The lowest BCUT2D eigenvalue weighted by molar-refractivity contribution is 0.620. The molecule has 0 aromatic carbocycles. The van der Waals surface area contributed by atoms with Crippen LogP contribution in [0.25, 0.3) is 0 Å². The van der Waals surface area contributed by atoms with Crippen molar-refractivity contribution < 1.29 is 0 Å². The predicted octanol–water partition coefficient (Wildman–Crippen LogP) is 4.85. The minimum absolute atomic E-state index is 0.706. The fraction of sp³-hybridized carbons (Fsp3) is 0.667. The SMILES string of the molecule is C=CCCCCC(Br)CCCC=C. The topological polar surface area (TPSA) is 0 Å². The fourth-order valence-electron chi connectivity index (χ4n) is 1.28. The summed E-state index contributed by atoms with van der Waals surface area (Å²) in [6.07, 6.45) is 12.7. The van der Waals surface area contributed by atoms with Crippen LogP contribution in [-0.2, 0) is 0 Å². The number of halogens is 1. The lowest BCUT2D eigenvalue weighted by Gasteiger charge is -2.07. The third-order valence-electron chi connectivity index (χ3n) is 2.10. The molecule has 1 heteroatoms. The number of alkyl halides is 1. The number of allylic oxidation sites excluding steroid dienone is 2. The van der Waals surface area contributed by atoms with Gasteiger partial charge in [0.2, 0.25) is 0 Å². The summed E-state index contributed by atoms with van der Waals surface area (Å²) in [5.41, 5.74) is 0. The molecule has 0 heterocycles. The summed E-state index contributed by atoms with van der Waals surface area (Å²) in [6.45, 7) is 7.43. The van der Waals surface area contributed by atoms with Crippen molar-refractivity contribution in [1.82, 2.24) is 0 Å². The highest BCUT2D eigenvalue weighted by Gasteiger charge is 2.01. The minimum Gasteiger partial charge on any atom is -0.103 e. The zero-order valence-corrected chi connectivity index (χ0v) is 10.1. The van der Waals surface area contributed by atoms with Gasteiger partial charge in [-0.2, -0.15) is 0 Å². The summed E-state index contributed by atoms with van der Waals surface area (Å²) in [5.74, 6) is 0. The Labute approximate surface area is 91.2 Å². The summed E-state index contributed by atoms with van der Waals surface area (Å²) in [6, 6.07) is 0. The highest BCUT2D eigenvalue weighted by atomic mass is 79.9. The van der Waals surface area contributed by atoms with Crippen LogP contribution in [0.3, 0.4) is 0 Å². The number of hydrogen-bond acceptors (Lipinski definition) is 0. The molecular formula is C12H21Br. The summed E-state index contributed by atoms with van der Waals surface area (Å²) in [7, 11) is 0. The van der Waals surface area contributed by atoms with Gasteiger partial charge in [0.05, 0.1) is 0 Å². The van der Waals surface area contributed by atoms with Crippen molar-refractivity contribution in [2.24, 2.45) is 0 Å². The molecule has 0 spiro atoms. The number of rotatable bonds is 9. The van der Waals surface area contributed by atoms with Crippen LogP contribution in [0, 0.1) is 0 Å². The number of hydrogen-bond donors (Lipinski definition) is 0. The number of unbranched alkanes of at least 4 members (excludes halogenated alkanes) is 3. The third kappa shape index (κ3) is 9.88. The molecular weight excluding hydrogens is 224 g/mol. The molecule has 0 amide bonds. The Morgan fingerprint density at radius 3 is 2.08 bits per heavy atom. The van der Waals surface area contributed by atoms with E-state index in [1.54, 1.807) is 0 Å². The van der Waals surface area contributed by atoms with E-state index >= 15 is 0 Å². The summed E-state index contributed by atoms with van der Waals surface area (Å²) in [4.78, 5) is 0.706. The molecule has 0 saturated carbocycles. The van der Waals surface area contributed by atoms with Crippen molar-refractivity contribution in [2.45, 2.75) is 49.8 Å². The van der Waals surface area contributed by atoms with Crippen molar-refractivity contribution in [2.75, 3.05) is 0 Å². The van der Waals surface area contributed by atoms with Crippen LogP contribution in [0.5, 0.6) is 0 Å². The quantitative estimate of drug-likeness (QED) is 0.309. The largest absolute Gasteiger partial charge is 0.103 e. The van der Waals surface area contributed by atoms with Crippen LogP contribution >= 0.6 is 15.9 Å². The maximum atomic E-state index is 3.72. The highest BCUT2D eigenvalue weighted by molar-refractivity contribution is 9.09. The lowest BCUT2D eigenvalue weighted by atomic mass is 10.1. The standard InChI is InChI=1S/C12H21Br/c1-3-5-7-9-11-12(13)10-8-6-4-2/h3-4,12H,1-2,5-11H2. The maximum absolute atomic E-state index is 3.72. The zero-order chi connectivity index (χ0) is 9.94. The van der Waals surface area contributed by atoms with Gasteiger partial charge in [0.15, 0.2) is 0 Å². The average molecular weight is 245 g/mol. The maximum Gasteiger partial charge on any atom is 0.0145 e. The van der Waals surface area contributed by atoms with Crippen molar-refractivity contribution in [3.63, 3.8) is 0 Å². The Morgan fingerprint density at radius 1 is 0.923 bits per heavy atom. The molecule has 0 rings (SSSR count). The Kier molecular flexibility index (Phi) is 10.0. The normalized spacial score (nSPS) is 12.4. The summed E-state index contributed by atoms with van der Waals surface area (Å²) < 4.78 is 0. The van der Waals surface area contributed by atoms with E-state index in [-0.39, 0.29) is 0 Å². The molecule has 0 N–H and O–H groups in total. The molecule has 0 aromatic heterocycles. The van der Waals surface area contributed by atoms with E-state index in [1.807, 2.05) is 12.2 Å². The van der Waals surface area contributed by atoms with Gasteiger partial charge in [-0.05, 0) is 38.5 Å². The molecule has 0 saturated heterocycles. The van der Waals surface area contributed by atoms with Gasteiger partial charge in [-0.1, -0.05) is 34.5 Å². The molecule has 0 aliphatic rings. The van der Waals surface area contributed by atoms with Crippen LogP contribution in [0.4, 0.5) is 0 Å². The Bertz CT molecular complexity index is 129. The first kappa shape index (κ1) is 13.0. The Morgan fingerprint density at radius 2 is 1.46 bits per heavy atom. The predicted molar refractivity (Wildman–Crippen MR) is 65.4 cm³/mol. The molecule has 0 nitrogen and oxygen atoms in total. The molecule has 0 aliphatic heterocycles. The van der Waals surface area contributed by atoms with E-state index in [4.69, 9.17) is 0 Å². The van der Waals surface area contributed by atoms with Gasteiger partial charge in [-0.15, -0.1) is 13.2 Å². The Hall–Kier alpha value is -0.0400. The van der Waals surface area contributed by atoms with Crippen molar-refractivity contribution in [1.29, 1.82) is 0 Å². The molecule has 0 radical (unpaired) electrons. The van der Waals surface area contributed by atoms with Gasteiger partial charge in [0, 0.05) is 4.83 Å². The van der Waals surface area contributed by atoms with Gasteiger partial charge in [0.25, 0.3) is 0 Å². The smallest absolute Gasteiger partial charge is 0.0145 e. The summed E-state index contributed by atoms with van der Waals surface area (Å²) >= 11 is 3.70. The second-order valence-corrected chi connectivity index (χ2v) is 4.68. The second-order valence-electron chi connectivity index (χ2n) is 3.39. The van der Waals surface area contributed by atoms with Crippen LogP contribution in [-0.4, -0.2) is 4.83 Å². The van der Waals surface area contributed by atoms with Gasteiger partial charge >= 0.3 is 0 Å². The fourth-order valence-corrected chi connectivity index (χ4v) is 1.93. The molecule has 13 heavy (non-hydrogen) atoms. The molecule has 0 aromatic rings. The van der Waals surface area contributed by atoms with E-state index in [2.05, 4.69) is 29.1 Å². The van der Waals surface area contributed by atoms with Gasteiger partial charge in [0.1, 0.15) is 0 Å². The molecule has 1 atom stereocenters. The van der Waals surface area contributed by atoms with Gasteiger partial charge in [-0.3, -0.25) is 0 Å². The Balaban J connectivity index is 3.14. The van der Waals surface area contributed by atoms with Crippen molar-refractivity contribution in [3.05, 3.63) is 25.3 Å². The monoisotopic (exact) mass is 244 g/mol. The van der Waals surface area contributed by atoms with Crippen LogP contribution in [0.1, 0.15) is 44.9 Å². The highest BCUT2D eigenvalue weighted by Crippen LogP contribution is 2.17. The van der Waals surface area contributed by atoms with Gasteiger partial charge < -0.3 is 0 Å².